The number of rotatable bonds is 6. The first-order chi connectivity index (χ1) is 9.82. The van der Waals surface area contributed by atoms with Crippen molar-refractivity contribution in [1.82, 2.24) is 9.88 Å². The first-order valence-electron chi connectivity index (χ1n) is 6.96. The summed E-state index contributed by atoms with van der Waals surface area (Å²) in [5.41, 5.74) is 0.779. The number of pyridine rings is 1. The number of amides is 1. The third-order valence-electron chi connectivity index (χ3n) is 3.24. The van der Waals surface area contributed by atoms with Gasteiger partial charge in [0, 0.05) is 30.9 Å². The number of nitrogens with zero attached hydrogens (tertiary/aromatic N) is 2. The molecular formula is C16H22N2O3. The maximum atomic E-state index is 12.5. The molecule has 1 unspecified atom stereocenters. The van der Waals surface area contributed by atoms with Crippen molar-refractivity contribution in [2.75, 3.05) is 7.05 Å². The first kappa shape index (κ1) is 16.9. The Bertz CT molecular complexity index is 538. The van der Waals surface area contributed by atoms with Crippen molar-refractivity contribution < 1.29 is 14.7 Å². The Morgan fingerprint density at radius 2 is 2.05 bits per heavy atom. The van der Waals surface area contributed by atoms with E-state index >= 15 is 0 Å². The van der Waals surface area contributed by atoms with E-state index in [0.717, 1.165) is 12.5 Å². The van der Waals surface area contributed by atoms with Crippen molar-refractivity contribution in [3.63, 3.8) is 0 Å². The Kier molecular flexibility index (Phi) is 6.09. The molecule has 0 fully saturated rings. The second-order valence-electron chi connectivity index (χ2n) is 5.51. The molecule has 0 radical (unpaired) electrons. The molecule has 0 bridgehead atoms. The van der Waals surface area contributed by atoms with E-state index in [1.807, 2.05) is 6.92 Å². The van der Waals surface area contributed by atoms with Crippen molar-refractivity contribution in [2.45, 2.75) is 33.2 Å². The molecule has 5 heteroatoms. The van der Waals surface area contributed by atoms with Crippen molar-refractivity contribution >= 4 is 18.0 Å². The fourth-order valence-corrected chi connectivity index (χ4v) is 2.10. The Balaban J connectivity index is 2.99. The standard InChI is InChI=1S/C16H22N2O3/c1-11(2)10-12(3)18(4)16(21)15-13(6-5-9-17-15)7-8-14(19)20/h5-9,11-12H,10H2,1-4H3,(H,19,20)/b8-7+. The van der Waals surface area contributed by atoms with Gasteiger partial charge in [0.05, 0.1) is 0 Å². The van der Waals surface area contributed by atoms with Gasteiger partial charge in [-0.2, -0.15) is 0 Å². The largest absolute Gasteiger partial charge is 0.478 e. The number of hydrogen-bond donors (Lipinski definition) is 1. The normalized spacial score (nSPS) is 12.6. The molecule has 1 amide bonds. The number of carbonyl (C=O) groups excluding carboxylic acids is 1. The summed E-state index contributed by atoms with van der Waals surface area (Å²) in [5, 5.41) is 8.70. The lowest BCUT2D eigenvalue weighted by Crippen LogP contribution is -2.36. The number of aromatic nitrogens is 1. The summed E-state index contributed by atoms with van der Waals surface area (Å²) >= 11 is 0. The highest BCUT2D eigenvalue weighted by molar-refractivity contribution is 5.97. The van der Waals surface area contributed by atoms with Crippen LogP contribution >= 0.6 is 0 Å². The smallest absolute Gasteiger partial charge is 0.328 e. The Hall–Kier alpha value is -2.17. The third kappa shape index (κ3) is 5.02. The van der Waals surface area contributed by atoms with Crippen molar-refractivity contribution in [2.24, 2.45) is 5.92 Å². The molecular weight excluding hydrogens is 268 g/mol. The van der Waals surface area contributed by atoms with Gasteiger partial charge in [0.2, 0.25) is 0 Å². The lowest BCUT2D eigenvalue weighted by atomic mass is 10.0. The Morgan fingerprint density at radius 1 is 1.38 bits per heavy atom. The molecule has 1 aromatic heterocycles. The molecule has 0 spiro atoms. The van der Waals surface area contributed by atoms with E-state index in [-0.39, 0.29) is 17.6 Å². The number of carboxylic acids is 1. The third-order valence-corrected chi connectivity index (χ3v) is 3.24. The molecule has 114 valence electrons. The molecule has 1 N–H and O–H groups in total. The van der Waals surface area contributed by atoms with Crippen LogP contribution in [0.25, 0.3) is 6.08 Å². The van der Waals surface area contributed by atoms with E-state index in [2.05, 4.69) is 18.8 Å². The number of aliphatic carboxylic acids is 1. The van der Waals surface area contributed by atoms with E-state index in [1.54, 1.807) is 24.1 Å². The highest BCUT2D eigenvalue weighted by atomic mass is 16.4. The molecule has 0 aromatic carbocycles. The zero-order valence-electron chi connectivity index (χ0n) is 12.9. The summed E-state index contributed by atoms with van der Waals surface area (Å²) in [7, 11) is 1.74. The summed E-state index contributed by atoms with van der Waals surface area (Å²) in [4.78, 5) is 28.9. The SMILES string of the molecule is CC(C)CC(C)N(C)C(=O)c1ncccc1/C=C/C(=O)O. The zero-order valence-corrected chi connectivity index (χ0v) is 12.9. The van der Waals surface area contributed by atoms with Gasteiger partial charge in [-0.3, -0.25) is 9.78 Å². The lowest BCUT2D eigenvalue weighted by Gasteiger charge is -2.26. The average molecular weight is 290 g/mol. The van der Waals surface area contributed by atoms with Crippen LogP contribution in [-0.2, 0) is 4.79 Å². The van der Waals surface area contributed by atoms with E-state index in [1.165, 1.54) is 12.3 Å². The van der Waals surface area contributed by atoms with E-state index in [0.29, 0.717) is 11.5 Å². The Labute approximate surface area is 125 Å². The van der Waals surface area contributed by atoms with Crippen LogP contribution < -0.4 is 0 Å². The van der Waals surface area contributed by atoms with Gasteiger partial charge in [-0.25, -0.2) is 4.79 Å². The number of hydrogen-bond acceptors (Lipinski definition) is 3. The van der Waals surface area contributed by atoms with Crippen LogP contribution in [0.4, 0.5) is 0 Å². The summed E-state index contributed by atoms with van der Waals surface area (Å²) in [6.45, 7) is 6.21. The summed E-state index contributed by atoms with van der Waals surface area (Å²) in [6.07, 6.45) is 4.83. The van der Waals surface area contributed by atoms with Crippen LogP contribution in [0.1, 0.15) is 43.2 Å². The van der Waals surface area contributed by atoms with Gasteiger partial charge < -0.3 is 10.0 Å². The molecule has 0 saturated carbocycles. The lowest BCUT2D eigenvalue weighted by molar-refractivity contribution is -0.131. The van der Waals surface area contributed by atoms with Gasteiger partial charge in [-0.1, -0.05) is 19.9 Å². The van der Waals surface area contributed by atoms with Gasteiger partial charge in [-0.05, 0) is 31.4 Å². The van der Waals surface area contributed by atoms with Crippen LogP contribution in [0, 0.1) is 5.92 Å². The van der Waals surface area contributed by atoms with Crippen molar-refractivity contribution in [1.29, 1.82) is 0 Å². The average Bonchev–Trinajstić information content (AvgIpc) is 2.43. The maximum Gasteiger partial charge on any atom is 0.328 e. The van der Waals surface area contributed by atoms with E-state index in [4.69, 9.17) is 5.11 Å². The minimum atomic E-state index is -1.06. The minimum Gasteiger partial charge on any atom is -0.478 e. The zero-order chi connectivity index (χ0) is 16.0. The second kappa shape index (κ2) is 7.57. The topological polar surface area (TPSA) is 70.5 Å². The second-order valence-corrected chi connectivity index (χ2v) is 5.51. The van der Waals surface area contributed by atoms with Gasteiger partial charge in [0.25, 0.3) is 5.91 Å². The van der Waals surface area contributed by atoms with Crippen LogP contribution in [0.5, 0.6) is 0 Å². The van der Waals surface area contributed by atoms with Crippen molar-refractivity contribution in [3.05, 3.63) is 35.7 Å². The van der Waals surface area contributed by atoms with Gasteiger partial charge in [0.15, 0.2) is 0 Å². The maximum absolute atomic E-state index is 12.5. The quantitative estimate of drug-likeness (QED) is 0.818. The van der Waals surface area contributed by atoms with Crippen LogP contribution in [0.3, 0.4) is 0 Å². The van der Waals surface area contributed by atoms with Crippen molar-refractivity contribution in [3.8, 4) is 0 Å². The number of carboxylic acid groups (broad SMARTS) is 1. The molecule has 0 saturated heterocycles. The predicted molar refractivity (Wildman–Crippen MR) is 81.9 cm³/mol. The van der Waals surface area contributed by atoms with E-state index < -0.39 is 5.97 Å². The molecule has 1 atom stereocenters. The van der Waals surface area contributed by atoms with E-state index in [9.17, 15) is 9.59 Å². The minimum absolute atomic E-state index is 0.0933. The molecule has 21 heavy (non-hydrogen) atoms. The highest BCUT2D eigenvalue weighted by Crippen LogP contribution is 2.15. The molecule has 0 aliphatic carbocycles. The van der Waals surface area contributed by atoms with Gasteiger partial charge in [-0.15, -0.1) is 0 Å². The number of carbonyl (C=O) groups is 2. The Morgan fingerprint density at radius 3 is 2.62 bits per heavy atom. The molecule has 1 heterocycles. The monoisotopic (exact) mass is 290 g/mol. The predicted octanol–water partition coefficient (Wildman–Crippen LogP) is 2.69. The van der Waals surface area contributed by atoms with Crippen LogP contribution in [0.2, 0.25) is 0 Å². The van der Waals surface area contributed by atoms with Gasteiger partial charge >= 0.3 is 5.97 Å². The molecule has 0 aliphatic rings. The summed E-state index contributed by atoms with van der Waals surface area (Å²) in [5.74, 6) is -0.766. The molecule has 1 rings (SSSR count). The molecule has 1 aromatic rings. The van der Waals surface area contributed by atoms with Crippen LogP contribution in [0.15, 0.2) is 24.4 Å². The summed E-state index contributed by atoms with van der Waals surface area (Å²) < 4.78 is 0. The van der Waals surface area contributed by atoms with Crippen LogP contribution in [-0.4, -0.2) is 40.0 Å². The van der Waals surface area contributed by atoms with Gasteiger partial charge in [0.1, 0.15) is 5.69 Å². The first-order valence-corrected chi connectivity index (χ1v) is 6.96. The highest BCUT2D eigenvalue weighted by Gasteiger charge is 2.21. The summed E-state index contributed by atoms with van der Waals surface area (Å²) in [6, 6.07) is 3.45. The fraction of sp³-hybridized carbons (Fsp3) is 0.438. The molecule has 0 aliphatic heterocycles. The molecule has 5 nitrogen and oxygen atoms in total. The fourth-order valence-electron chi connectivity index (χ4n) is 2.10.